The maximum atomic E-state index is 13.6. The highest BCUT2D eigenvalue weighted by Crippen LogP contribution is 2.41. The van der Waals surface area contributed by atoms with Crippen molar-refractivity contribution >= 4 is 11.7 Å². The second-order valence-electron chi connectivity index (χ2n) is 11.4. The lowest BCUT2D eigenvalue weighted by Crippen LogP contribution is -2.48. The van der Waals surface area contributed by atoms with Gasteiger partial charge in [-0.3, -0.25) is 19.9 Å². The highest BCUT2D eigenvalue weighted by atomic mass is 16.6. The van der Waals surface area contributed by atoms with Crippen LogP contribution in [0.2, 0.25) is 0 Å². The predicted molar refractivity (Wildman–Crippen MR) is 171 cm³/mol. The molecule has 2 heterocycles. The molecule has 1 saturated heterocycles. The number of hydrogen-bond acceptors (Lipinski definition) is 9. The second-order valence-corrected chi connectivity index (χ2v) is 11.4. The van der Waals surface area contributed by atoms with Gasteiger partial charge in [0.2, 0.25) is 0 Å². The van der Waals surface area contributed by atoms with E-state index in [-0.39, 0.29) is 23.9 Å². The molecule has 0 saturated carbocycles. The van der Waals surface area contributed by atoms with E-state index in [9.17, 15) is 20.0 Å². The summed E-state index contributed by atoms with van der Waals surface area (Å²) in [6.07, 6.45) is -1.33. The van der Waals surface area contributed by atoms with Gasteiger partial charge in [-0.1, -0.05) is 72.8 Å². The first-order valence-electron chi connectivity index (χ1n) is 15.2. The van der Waals surface area contributed by atoms with Crippen molar-refractivity contribution in [3.05, 3.63) is 134 Å². The van der Waals surface area contributed by atoms with Crippen LogP contribution in [0.5, 0.6) is 0 Å². The molecule has 2 unspecified atom stereocenters. The molecular weight excluding hydrogens is 572 g/mol. The standard InChI is InChI=1S/C35H40N4O6/c1-24-30(34(40)44-3)32(28-15-10-16-29(23-28)39(42)43)31(25(2)36-24)35(41)45-22-21-37-17-19-38(20-18-37)33(26-11-6-4-7-12-26)27-13-8-5-9-14-27/h4-16,23,32-34,36,40H,17-22H2,1-3H3. The Hall–Kier alpha value is -4.35. The van der Waals surface area contributed by atoms with Crippen molar-refractivity contribution in [2.24, 2.45) is 0 Å². The van der Waals surface area contributed by atoms with Crippen LogP contribution in [0, 0.1) is 10.1 Å². The van der Waals surface area contributed by atoms with E-state index in [0.717, 1.165) is 26.2 Å². The normalized spacial score (nSPS) is 18.6. The number of dihydropyridines is 1. The van der Waals surface area contributed by atoms with Crippen LogP contribution < -0.4 is 5.32 Å². The van der Waals surface area contributed by atoms with Gasteiger partial charge in [-0.05, 0) is 30.5 Å². The van der Waals surface area contributed by atoms with Gasteiger partial charge >= 0.3 is 5.97 Å². The molecular formula is C35H40N4O6. The topological polar surface area (TPSA) is 117 Å². The highest BCUT2D eigenvalue weighted by Gasteiger charge is 2.38. The monoisotopic (exact) mass is 612 g/mol. The number of nitro groups is 1. The first-order valence-corrected chi connectivity index (χ1v) is 15.2. The number of hydrogen-bond donors (Lipinski definition) is 2. The number of rotatable bonds is 11. The number of benzene rings is 3. The summed E-state index contributed by atoms with van der Waals surface area (Å²) in [4.78, 5) is 29.5. The Labute approximate surface area is 263 Å². The third-order valence-corrected chi connectivity index (χ3v) is 8.58. The molecule has 0 radical (unpaired) electrons. The number of nitrogens with zero attached hydrogens (tertiary/aromatic N) is 3. The zero-order chi connectivity index (χ0) is 31.9. The smallest absolute Gasteiger partial charge is 0.336 e. The van der Waals surface area contributed by atoms with Crippen LogP contribution in [0.4, 0.5) is 5.69 Å². The Kier molecular flexibility index (Phi) is 10.4. The molecule has 3 aromatic carbocycles. The Morgan fingerprint density at radius 3 is 2.16 bits per heavy atom. The van der Waals surface area contributed by atoms with Gasteiger partial charge in [-0.2, -0.15) is 0 Å². The summed E-state index contributed by atoms with van der Waals surface area (Å²) in [6.45, 7) is 7.69. The van der Waals surface area contributed by atoms with E-state index in [0.29, 0.717) is 29.1 Å². The van der Waals surface area contributed by atoms with Crippen molar-refractivity contribution in [1.82, 2.24) is 15.1 Å². The molecule has 2 aliphatic heterocycles. The minimum absolute atomic E-state index is 0.110. The highest BCUT2D eigenvalue weighted by molar-refractivity contribution is 5.92. The van der Waals surface area contributed by atoms with Gasteiger partial charge in [-0.25, -0.2) is 4.79 Å². The number of nitrogens with one attached hydrogen (secondary N) is 1. The van der Waals surface area contributed by atoms with E-state index < -0.39 is 23.1 Å². The number of nitro benzene ring substituents is 1. The molecule has 5 rings (SSSR count). The SMILES string of the molecule is COC(O)C1=C(C)NC(C)=C(C(=O)OCCN2CCN(C(c3ccccc3)c3ccccc3)CC2)C1c1cccc([N+](=O)[O-])c1. The lowest BCUT2D eigenvalue weighted by atomic mass is 9.80. The zero-order valence-corrected chi connectivity index (χ0v) is 25.9. The van der Waals surface area contributed by atoms with Crippen molar-refractivity contribution < 1.29 is 24.3 Å². The van der Waals surface area contributed by atoms with Crippen LogP contribution in [-0.4, -0.2) is 78.5 Å². The predicted octanol–water partition coefficient (Wildman–Crippen LogP) is 4.74. The molecule has 236 valence electrons. The summed E-state index contributed by atoms with van der Waals surface area (Å²) in [5, 5.41) is 25.5. The Morgan fingerprint density at radius 2 is 1.58 bits per heavy atom. The maximum absolute atomic E-state index is 13.6. The van der Waals surface area contributed by atoms with Crippen molar-refractivity contribution in [2.75, 3.05) is 46.4 Å². The molecule has 45 heavy (non-hydrogen) atoms. The van der Waals surface area contributed by atoms with Crippen LogP contribution >= 0.6 is 0 Å². The lowest BCUT2D eigenvalue weighted by Gasteiger charge is -2.39. The van der Waals surface area contributed by atoms with Gasteiger partial charge in [0.1, 0.15) is 6.61 Å². The van der Waals surface area contributed by atoms with E-state index in [1.165, 1.54) is 30.4 Å². The molecule has 10 nitrogen and oxygen atoms in total. The van der Waals surface area contributed by atoms with Gasteiger partial charge in [0.25, 0.3) is 5.69 Å². The average molecular weight is 613 g/mol. The zero-order valence-electron chi connectivity index (χ0n) is 25.9. The fourth-order valence-corrected chi connectivity index (χ4v) is 6.37. The van der Waals surface area contributed by atoms with Gasteiger partial charge in [0.05, 0.1) is 16.5 Å². The van der Waals surface area contributed by atoms with Gasteiger partial charge in [0, 0.05) is 74.9 Å². The summed E-state index contributed by atoms with van der Waals surface area (Å²) in [5.41, 5.74) is 4.75. The largest absolute Gasteiger partial charge is 0.461 e. The summed E-state index contributed by atoms with van der Waals surface area (Å²) < 4.78 is 11.1. The van der Waals surface area contributed by atoms with Crippen LogP contribution in [-0.2, 0) is 14.3 Å². The molecule has 3 aromatic rings. The van der Waals surface area contributed by atoms with E-state index in [1.54, 1.807) is 26.0 Å². The number of piperazine rings is 1. The minimum atomic E-state index is -1.33. The van der Waals surface area contributed by atoms with Crippen molar-refractivity contribution in [3.8, 4) is 0 Å². The number of aliphatic hydroxyl groups is 1. The van der Waals surface area contributed by atoms with Gasteiger partial charge in [0.15, 0.2) is 6.29 Å². The van der Waals surface area contributed by atoms with E-state index in [2.05, 4.69) is 63.6 Å². The summed E-state index contributed by atoms with van der Waals surface area (Å²) in [6, 6.07) is 27.3. The Bertz CT molecular complexity index is 1510. The summed E-state index contributed by atoms with van der Waals surface area (Å²) in [5.74, 6) is -1.33. The number of ether oxygens (including phenoxy) is 2. The molecule has 1 fully saturated rings. The third-order valence-electron chi connectivity index (χ3n) is 8.58. The molecule has 2 N–H and O–H groups in total. The summed E-state index contributed by atoms with van der Waals surface area (Å²) in [7, 11) is 1.36. The molecule has 0 amide bonds. The first-order chi connectivity index (χ1) is 21.8. The fraction of sp³-hybridized carbons (Fsp3) is 0.343. The average Bonchev–Trinajstić information content (AvgIpc) is 3.06. The number of aliphatic hydroxyl groups excluding tert-OH is 1. The van der Waals surface area contributed by atoms with E-state index in [1.807, 2.05) is 12.1 Å². The third kappa shape index (κ3) is 7.32. The quantitative estimate of drug-likeness (QED) is 0.137. The number of methoxy groups -OCH3 is 1. The number of carbonyl (C=O) groups excluding carboxylic acids is 1. The maximum Gasteiger partial charge on any atom is 0.336 e. The first kappa shape index (κ1) is 32.1. The minimum Gasteiger partial charge on any atom is -0.461 e. The molecule has 2 atom stereocenters. The van der Waals surface area contributed by atoms with E-state index in [4.69, 9.17) is 9.47 Å². The van der Waals surface area contributed by atoms with Crippen molar-refractivity contribution in [2.45, 2.75) is 32.1 Å². The van der Waals surface area contributed by atoms with Crippen LogP contribution in [0.3, 0.4) is 0 Å². The van der Waals surface area contributed by atoms with E-state index >= 15 is 0 Å². The second kappa shape index (κ2) is 14.6. The number of esters is 1. The number of carbonyl (C=O) groups is 1. The molecule has 0 bridgehead atoms. The number of non-ortho nitro benzene ring substituents is 1. The van der Waals surface area contributed by atoms with Crippen LogP contribution in [0.15, 0.2) is 107 Å². The molecule has 0 spiro atoms. The van der Waals surface area contributed by atoms with Crippen LogP contribution in [0.25, 0.3) is 0 Å². The molecule has 0 aromatic heterocycles. The Morgan fingerprint density at radius 1 is 0.956 bits per heavy atom. The van der Waals surface area contributed by atoms with Gasteiger partial charge in [-0.15, -0.1) is 0 Å². The Balaban J connectivity index is 1.25. The van der Waals surface area contributed by atoms with Crippen molar-refractivity contribution in [3.63, 3.8) is 0 Å². The molecule has 10 heteroatoms. The molecule has 2 aliphatic rings. The summed E-state index contributed by atoms with van der Waals surface area (Å²) >= 11 is 0. The molecule has 0 aliphatic carbocycles. The lowest BCUT2D eigenvalue weighted by molar-refractivity contribution is -0.384. The number of allylic oxidation sites excluding steroid dienone is 2. The fourth-order valence-electron chi connectivity index (χ4n) is 6.37. The van der Waals surface area contributed by atoms with Crippen LogP contribution in [0.1, 0.15) is 42.5 Å². The van der Waals surface area contributed by atoms with Gasteiger partial charge < -0.3 is 19.9 Å². The van der Waals surface area contributed by atoms with Crippen molar-refractivity contribution in [1.29, 1.82) is 0 Å².